The van der Waals surface area contributed by atoms with Crippen molar-refractivity contribution in [2.45, 2.75) is 6.92 Å². The summed E-state index contributed by atoms with van der Waals surface area (Å²) < 4.78 is 0. The number of rotatable bonds is 5. The number of allylic oxidation sites excluding steroid dienone is 2. The zero-order valence-electron chi connectivity index (χ0n) is 18.4. The maximum atomic E-state index is 9.24. The molecule has 0 aliphatic heterocycles. The standard InChI is InChI=1S/C31H22N2/c1-23(29(21-32)22-33)24-17-19-28(20-18-24)31(27-15-9-4-10-16-27)30(25-11-5-2-6-12-25)26-13-7-3-8-14-26/h2-20H,1H3. The lowest BCUT2D eigenvalue weighted by Crippen LogP contribution is -1.97. The van der Waals surface area contributed by atoms with Crippen LogP contribution in [0.5, 0.6) is 0 Å². The summed E-state index contributed by atoms with van der Waals surface area (Å²) in [6, 6.07) is 43.3. The predicted octanol–water partition coefficient (Wildman–Crippen LogP) is 7.51. The van der Waals surface area contributed by atoms with E-state index in [4.69, 9.17) is 0 Å². The van der Waals surface area contributed by atoms with Crippen molar-refractivity contribution in [1.29, 1.82) is 10.5 Å². The highest BCUT2D eigenvalue weighted by molar-refractivity contribution is 6.04. The molecule has 4 rings (SSSR count). The fraction of sp³-hybridized carbons (Fsp3) is 0.0323. The Hall–Kier alpha value is -4.66. The molecule has 0 unspecified atom stereocenters. The molecule has 0 saturated carbocycles. The van der Waals surface area contributed by atoms with E-state index in [1.807, 2.05) is 49.4 Å². The van der Waals surface area contributed by atoms with Gasteiger partial charge in [0.2, 0.25) is 0 Å². The lowest BCUT2D eigenvalue weighted by atomic mass is 9.85. The zero-order chi connectivity index (χ0) is 23.0. The molecule has 0 aliphatic carbocycles. The van der Waals surface area contributed by atoms with Crippen LogP contribution in [0, 0.1) is 22.7 Å². The third kappa shape index (κ3) is 4.67. The van der Waals surface area contributed by atoms with Gasteiger partial charge in [0.1, 0.15) is 17.7 Å². The Morgan fingerprint density at radius 3 is 1.09 bits per heavy atom. The average Bonchev–Trinajstić information content (AvgIpc) is 2.89. The van der Waals surface area contributed by atoms with Crippen molar-refractivity contribution in [3.8, 4) is 12.1 Å². The molecule has 2 nitrogen and oxygen atoms in total. The normalized spacial score (nSPS) is 9.91. The first-order valence-corrected chi connectivity index (χ1v) is 10.8. The molecule has 0 spiro atoms. The van der Waals surface area contributed by atoms with Gasteiger partial charge in [0.25, 0.3) is 0 Å². The van der Waals surface area contributed by atoms with Gasteiger partial charge >= 0.3 is 0 Å². The van der Waals surface area contributed by atoms with Crippen molar-refractivity contribution in [1.82, 2.24) is 0 Å². The molecule has 0 fully saturated rings. The fourth-order valence-electron chi connectivity index (χ4n) is 3.95. The first kappa shape index (κ1) is 21.6. The maximum Gasteiger partial charge on any atom is 0.133 e. The molecule has 0 aromatic heterocycles. The molecule has 33 heavy (non-hydrogen) atoms. The van der Waals surface area contributed by atoms with Gasteiger partial charge < -0.3 is 0 Å². The molecular weight excluding hydrogens is 400 g/mol. The number of benzene rings is 4. The third-order valence-corrected chi connectivity index (χ3v) is 5.64. The molecular formula is C31H22N2. The molecule has 0 aliphatic rings. The Morgan fingerprint density at radius 2 is 0.758 bits per heavy atom. The highest BCUT2D eigenvalue weighted by Gasteiger charge is 2.16. The van der Waals surface area contributed by atoms with Crippen LogP contribution in [0.25, 0.3) is 16.7 Å². The first-order valence-electron chi connectivity index (χ1n) is 10.8. The molecule has 156 valence electrons. The first-order chi connectivity index (χ1) is 16.2. The quantitative estimate of drug-likeness (QED) is 0.247. The van der Waals surface area contributed by atoms with E-state index in [1.54, 1.807) is 0 Å². The van der Waals surface area contributed by atoms with Crippen LogP contribution in [0.2, 0.25) is 0 Å². The molecule has 0 N–H and O–H groups in total. The lowest BCUT2D eigenvalue weighted by Gasteiger charge is -2.18. The number of hydrogen-bond donors (Lipinski definition) is 0. The van der Waals surface area contributed by atoms with Crippen LogP contribution in [0.15, 0.2) is 121 Å². The molecule has 4 aromatic carbocycles. The molecule has 0 bridgehead atoms. The van der Waals surface area contributed by atoms with E-state index < -0.39 is 0 Å². The van der Waals surface area contributed by atoms with Crippen molar-refractivity contribution in [3.05, 3.63) is 149 Å². The van der Waals surface area contributed by atoms with Crippen LogP contribution in [-0.4, -0.2) is 0 Å². The second kappa shape index (κ2) is 10.1. The van der Waals surface area contributed by atoms with Gasteiger partial charge in [-0.15, -0.1) is 0 Å². The minimum absolute atomic E-state index is 0.135. The smallest absolute Gasteiger partial charge is 0.133 e. The maximum absolute atomic E-state index is 9.24. The molecule has 4 aromatic rings. The van der Waals surface area contributed by atoms with E-state index >= 15 is 0 Å². The van der Waals surface area contributed by atoms with E-state index in [1.165, 1.54) is 0 Å². The van der Waals surface area contributed by atoms with Crippen LogP contribution in [-0.2, 0) is 0 Å². The lowest BCUT2D eigenvalue weighted by molar-refractivity contribution is 1.44. The van der Waals surface area contributed by atoms with Gasteiger partial charge in [0.15, 0.2) is 0 Å². The van der Waals surface area contributed by atoms with Crippen LogP contribution in [0.1, 0.15) is 34.7 Å². The molecule has 0 amide bonds. The van der Waals surface area contributed by atoms with Crippen LogP contribution < -0.4 is 0 Å². The van der Waals surface area contributed by atoms with Gasteiger partial charge in [0, 0.05) is 0 Å². The van der Waals surface area contributed by atoms with Crippen molar-refractivity contribution in [3.63, 3.8) is 0 Å². The van der Waals surface area contributed by atoms with Crippen molar-refractivity contribution >= 4 is 16.7 Å². The fourth-order valence-corrected chi connectivity index (χ4v) is 3.95. The Kier molecular flexibility index (Phi) is 6.60. The summed E-state index contributed by atoms with van der Waals surface area (Å²) in [5.41, 5.74) is 8.42. The molecule has 0 saturated heterocycles. The summed E-state index contributed by atoms with van der Waals surface area (Å²) in [6.07, 6.45) is 0. The van der Waals surface area contributed by atoms with Gasteiger partial charge in [-0.05, 0) is 51.5 Å². The number of nitrogens with zero attached hydrogens (tertiary/aromatic N) is 2. The summed E-state index contributed by atoms with van der Waals surface area (Å²) in [5, 5.41) is 18.5. The monoisotopic (exact) mass is 422 g/mol. The van der Waals surface area contributed by atoms with E-state index in [2.05, 4.69) is 84.9 Å². The van der Waals surface area contributed by atoms with Crippen molar-refractivity contribution in [2.75, 3.05) is 0 Å². The van der Waals surface area contributed by atoms with E-state index in [-0.39, 0.29) is 5.57 Å². The second-order valence-electron chi connectivity index (χ2n) is 7.65. The highest BCUT2D eigenvalue weighted by Crippen LogP contribution is 2.37. The summed E-state index contributed by atoms with van der Waals surface area (Å²) in [7, 11) is 0. The SMILES string of the molecule is CC(=C(C#N)C#N)c1ccc(C(=C(c2ccccc2)c2ccccc2)c2ccccc2)cc1. The van der Waals surface area contributed by atoms with Crippen molar-refractivity contribution in [2.24, 2.45) is 0 Å². The Bertz CT molecular complexity index is 1320. The van der Waals surface area contributed by atoms with Gasteiger partial charge in [-0.1, -0.05) is 115 Å². The molecule has 0 radical (unpaired) electrons. The summed E-state index contributed by atoms with van der Waals surface area (Å²) in [5.74, 6) is 0. The Balaban J connectivity index is 2.00. The predicted molar refractivity (Wildman–Crippen MR) is 135 cm³/mol. The molecule has 0 atom stereocenters. The Labute approximate surface area is 195 Å². The average molecular weight is 423 g/mol. The van der Waals surface area contributed by atoms with Gasteiger partial charge in [-0.25, -0.2) is 0 Å². The van der Waals surface area contributed by atoms with Crippen LogP contribution in [0.3, 0.4) is 0 Å². The van der Waals surface area contributed by atoms with E-state index in [9.17, 15) is 10.5 Å². The van der Waals surface area contributed by atoms with Gasteiger partial charge in [-0.3, -0.25) is 0 Å². The summed E-state index contributed by atoms with van der Waals surface area (Å²) in [4.78, 5) is 0. The largest absolute Gasteiger partial charge is 0.192 e. The van der Waals surface area contributed by atoms with E-state index in [0.717, 1.165) is 39.0 Å². The third-order valence-electron chi connectivity index (χ3n) is 5.64. The summed E-state index contributed by atoms with van der Waals surface area (Å²) in [6.45, 7) is 1.81. The van der Waals surface area contributed by atoms with Crippen LogP contribution >= 0.6 is 0 Å². The van der Waals surface area contributed by atoms with Crippen LogP contribution in [0.4, 0.5) is 0 Å². The minimum Gasteiger partial charge on any atom is -0.192 e. The van der Waals surface area contributed by atoms with E-state index in [0.29, 0.717) is 5.57 Å². The second-order valence-corrected chi connectivity index (χ2v) is 7.65. The minimum atomic E-state index is 0.135. The Morgan fingerprint density at radius 1 is 0.455 bits per heavy atom. The molecule has 0 heterocycles. The highest BCUT2D eigenvalue weighted by atomic mass is 14.3. The van der Waals surface area contributed by atoms with Gasteiger partial charge in [0.05, 0.1) is 0 Å². The number of nitriles is 2. The zero-order valence-corrected chi connectivity index (χ0v) is 18.4. The topological polar surface area (TPSA) is 47.6 Å². The summed E-state index contributed by atoms with van der Waals surface area (Å²) >= 11 is 0. The van der Waals surface area contributed by atoms with Crippen molar-refractivity contribution < 1.29 is 0 Å². The van der Waals surface area contributed by atoms with Gasteiger partial charge in [-0.2, -0.15) is 10.5 Å². The number of hydrogen-bond acceptors (Lipinski definition) is 2. The molecule has 2 heteroatoms.